The zero-order chi connectivity index (χ0) is 27.6. The van der Waals surface area contributed by atoms with Crippen LogP contribution in [0.25, 0.3) is 0 Å². The van der Waals surface area contributed by atoms with Gasteiger partial charge in [-0.25, -0.2) is 0 Å². The molecule has 0 heterocycles. The highest BCUT2D eigenvalue weighted by molar-refractivity contribution is 5.77. The monoisotopic (exact) mass is 513 g/mol. The summed E-state index contributed by atoms with van der Waals surface area (Å²) in [5.41, 5.74) is 4.22. The number of benzene rings is 1. The van der Waals surface area contributed by atoms with Crippen molar-refractivity contribution in [2.45, 2.75) is 99.5 Å². The Morgan fingerprint density at radius 1 is 0.784 bits per heavy atom. The highest BCUT2D eigenvalue weighted by Gasteiger charge is 2.23. The highest BCUT2D eigenvalue weighted by Crippen LogP contribution is 2.17. The lowest BCUT2D eigenvalue weighted by Crippen LogP contribution is -2.49. The summed E-state index contributed by atoms with van der Waals surface area (Å²) >= 11 is 0. The lowest BCUT2D eigenvalue weighted by molar-refractivity contribution is -0.118. The number of Topliss-reactive ketones (excluding diaryl/α,β-unsaturated/α-hetero) is 1. The molecule has 1 aromatic carbocycles. The topological polar surface area (TPSA) is 26.8 Å². The molecule has 0 bridgehead atoms. The van der Waals surface area contributed by atoms with Crippen molar-refractivity contribution in [3.63, 3.8) is 0 Å². The number of aryl methyl sites for hydroxylation is 1. The number of ketones is 1. The van der Waals surface area contributed by atoms with Crippen molar-refractivity contribution in [2.24, 2.45) is 5.92 Å². The molecule has 1 aromatic rings. The van der Waals surface area contributed by atoms with Gasteiger partial charge in [0.25, 0.3) is 0 Å². The Morgan fingerprint density at radius 3 is 1.95 bits per heavy atom. The van der Waals surface area contributed by atoms with Crippen LogP contribution in [0.1, 0.15) is 91.7 Å². The van der Waals surface area contributed by atoms with Crippen LogP contribution in [-0.2, 0) is 17.6 Å². The smallest absolute Gasteiger partial charge is 0.143 e. The van der Waals surface area contributed by atoms with Gasteiger partial charge in [0.15, 0.2) is 0 Å². The van der Waals surface area contributed by atoms with E-state index in [1.807, 2.05) is 0 Å². The van der Waals surface area contributed by atoms with Crippen molar-refractivity contribution in [1.82, 2.24) is 14.7 Å². The Balaban J connectivity index is 3.15. The minimum absolute atomic E-state index is 0.261. The Labute approximate surface area is 230 Å². The van der Waals surface area contributed by atoms with Crippen LogP contribution in [0.15, 0.2) is 36.4 Å². The lowest BCUT2D eigenvalue weighted by atomic mass is 9.99. The van der Waals surface area contributed by atoms with Gasteiger partial charge in [-0.2, -0.15) is 0 Å². The van der Waals surface area contributed by atoms with E-state index in [1.165, 1.54) is 23.1 Å². The second kappa shape index (κ2) is 19.6. The molecule has 0 aliphatic heterocycles. The number of carbonyl (C=O) groups is 1. The Morgan fingerprint density at radius 2 is 1.41 bits per heavy atom. The highest BCUT2D eigenvalue weighted by atomic mass is 16.1. The molecule has 1 atom stereocenters. The van der Waals surface area contributed by atoms with Crippen LogP contribution < -0.4 is 0 Å². The standard InChI is InChI=1S/C33H59N3O/c1-9-13-29(7)25-36(20-12-4)33(23-32-17-15-31(14-10-2)16-18-32)27-35(24-28(5)6)22-21-34(19-11-3)26-30(8)37/h15-18,28,33H,7,9-14,19-27H2,1-6,8H3. The van der Waals surface area contributed by atoms with Gasteiger partial charge in [0.2, 0.25) is 0 Å². The third-order valence-corrected chi connectivity index (χ3v) is 6.90. The fourth-order valence-corrected chi connectivity index (χ4v) is 5.37. The lowest BCUT2D eigenvalue weighted by Gasteiger charge is -2.37. The maximum atomic E-state index is 11.8. The maximum absolute atomic E-state index is 11.8. The summed E-state index contributed by atoms with van der Waals surface area (Å²) in [7, 11) is 0. The Bertz CT molecular complexity index is 742. The van der Waals surface area contributed by atoms with Crippen LogP contribution in [0.4, 0.5) is 0 Å². The molecule has 212 valence electrons. The second-order valence-electron chi connectivity index (χ2n) is 11.5. The molecule has 37 heavy (non-hydrogen) atoms. The predicted octanol–water partition coefficient (Wildman–Crippen LogP) is 6.88. The molecule has 0 aliphatic carbocycles. The van der Waals surface area contributed by atoms with E-state index in [0.717, 1.165) is 84.3 Å². The molecule has 4 nitrogen and oxygen atoms in total. The van der Waals surface area contributed by atoms with E-state index in [9.17, 15) is 4.79 Å². The second-order valence-corrected chi connectivity index (χ2v) is 11.5. The summed E-state index contributed by atoms with van der Waals surface area (Å²) in [5.74, 6) is 0.868. The molecule has 0 fully saturated rings. The average Bonchev–Trinajstić information content (AvgIpc) is 2.82. The van der Waals surface area contributed by atoms with Crippen LogP contribution in [0.2, 0.25) is 0 Å². The average molecular weight is 514 g/mol. The Kier molecular flexibility index (Phi) is 17.7. The van der Waals surface area contributed by atoms with Crippen LogP contribution in [0, 0.1) is 5.92 Å². The molecule has 0 saturated carbocycles. The van der Waals surface area contributed by atoms with Crippen molar-refractivity contribution in [3.8, 4) is 0 Å². The van der Waals surface area contributed by atoms with Gasteiger partial charge in [0, 0.05) is 38.8 Å². The summed E-state index contributed by atoms with van der Waals surface area (Å²) in [6, 6.07) is 9.80. The first kappa shape index (κ1) is 33.5. The van der Waals surface area contributed by atoms with Gasteiger partial charge in [-0.1, -0.05) is 90.8 Å². The van der Waals surface area contributed by atoms with Crippen molar-refractivity contribution < 1.29 is 4.79 Å². The molecular formula is C33H59N3O. The maximum Gasteiger partial charge on any atom is 0.143 e. The molecule has 0 saturated heterocycles. The summed E-state index contributed by atoms with van der Waals surface area (Å²) in [6.45, 7) is 27.5. The van der Waals surface area contributed by atoms with Gasteiger partial charge < -0.3 is 4.90 Å². The number of hydrogen-bond donors (Lipinski definition) is 0. The fourth-order valence-electron chi connectivity index (χ4n) is 5.37. The molecule has 0 spiro atoms. The minimum Gasteiger partial charge on any atom is -0.300 e. The Hall–Kier alpha value is -1.49. The van der Waals surface area contributed by atoms with Gasteiger partial charge in [-0.3, -0.25) is 14.6 Å². The zero-order valence-electron chi connectivity index (χ0n) is 25.5. The van der Waals surface area contributed by atoms with Gasteiger partial charge in [0.1, 0.15) is 5.78 Å². The molecule has 1 rings (SSSR count). The molecule has 0 amide bonds. The number of rotatable bonds is 22. The van der Waals surface area contributed by atoms with Gasteiger partial charge in [0.05, 0.1) is 6.54 Å². The molecular weight excluding hydrogens is 454 g/mol. The van der Waals surface area contributed by atoms with Crippen molar-refractivity contribution in [3.05, 3.63) is 47.5 Å². The SMILES string of the molecule is C=C(CCC)CN(CCC)C(Cc1ccc(CCC)cc1)CN(CCN(CCC)CC(C)=O)CC(C)C. The van der Waals surface area contributed by atoms with Crippen LogP contribution in [0.5, 0.6) is 0 Å². The quantitative estimate of drug-likeness (QED) is 0.158. The first-order valence-electron chi connectivity index (χ1n) is 15.1. The third-order valence-electron chi connectivity index (χ3n) is 6.90. The van der Waals surface area contributed by atoms with E-state index in [-0.39, 0.29) is 5.78 Å². The molecule has 0 aromatic heterocycles. The molecule has 0 aliphatic rings. The summed E-state index contributed by atoms with van der Waals surface area (Å²) in [4.78, 5) is 19.5. The largest absolute Gasteiger partial charge is 0.300 e. The zero-order valence-corrected chi connectivity index (χ0v) is 25.5. The number of nitrogens with zero attached hydrogens (tertiary/aromatic N) is 3. The van der Waals surface area contributed by atoms with E-state index < -0.39 is 0 Å². The summed E-state index contributed by atoms with van der Waals surface area (Å²) < 4.78 is 0. The first-order chi connectivity index (χ1) is 17.7. The van der Waals surface area contributed by atoms with E-state index >= 15 is 0 Å². The first-order valence-corrected chi connectivity index (χ1v) is 15.1. The molecule has 1 unspecified atom stereocenters. The molecule has 0 N–H and O–H groups in total. The van der Waals surface area contributed by atoms with Gasteiger partial charge in [-0.05, 0) is 69.2 Å². The van der Waals surface area contributed by atoms with Crippen LogP contribution in [-0.4, -0.2) is 78.9 Å². The number of hydrogen-bond acceptors (Lipinski definition) is 4. The van der Waals surface area contributed by atoms with Crippen LogP contribution >= 0.6 is 0 Å². The van der Waals surface area contributed by atoms with Crippen LogP contribution in [0.3, 0.4) is 0 Å². The molecule has 0 radical (unpaired) electrons. The van der Waals surface area contributed by atoms with E-state index in [0.29, 0.717) is 18.5 Å². The van der Waals surface area contributed by atoms with Crippen molar-refractivity contribution in [1.29, 1.82) is 0 Å². The van der Waals surface area contributed by atoms with Crippen molar-refractivity contribution >= 4 is 5.78 Å². The normalized spacial score (nSPS) is 12.7. The van der Waals surface area contributed by atoms with Gasteiger partial charge in [-0.15, -0.1) is 0 Å². The van der Waals surface area contributed by atoms with E-state index in [4.69, 9.17) is 0 Å². The van der Waals surface area contributed by atoms with Crippen molar-refractivity contribution in [2.75, 3.05) is 52.4 Å². The fraction of sp³-hybridized carbons (Fsp3) is 0.727. The summed E-state index contributed by atoms with van der Waals surface area (Å²) in [6.07, 6.45) is 7.90. The third kappa shape index (κ3) is 14.9. The van der Waals surface area contributed by atoms with Gasteiger partial charge >= 0.3 is 0 Å². The molecule has 4 heteroatoms. The minimum atomic E-state index is 0.261. The number of carbonyl (C=O) groups excluding carboxylic acids is 1. The van der Waals surface area contributed by atoms with E-state index in [2.05, 4.69) is 87.1 Å². The predicted molar refractivity (Wildman–Crippen MR) is 163 cm³/mol. The van der Waals surface area contributed by atoms with E-state index in [1.54, 1.807) is 6.92 Å². The summed E-state index contributed by atoms with van der Waals surface area (Å²) in [5, 5.41) is 0.